The highest BCUT2D eigenvalue weighted by Crippen LogP contribution is 2.34. The van der Waals surface area contributed by atoms with Crippen molar-refractivity contribution in [1.82, 2.24) is 9.88 Å². The zero-order valence-electron chi connectivity index (χ0n) is 12.4. The maximum atomic E-state index is 11.0. The molecule has 116 valence electrons. The van der Waals surface area contributed by atoms with Crippen LogP contribution in [0.25, 0.3) is 0 Å². The summed E-state index contributed by atoms with van der Waals surface area (Å²) in [6.45, 7) is 1.03. The summed E-state index contributed by atoms with van der Waals surface area (Å²) in [7, 11) is 0. The van der Waals surface area contributed by atoms with Gasteiger partial charge in [0, 0.05) is 24.8 Å². The van der Waals surface area contributed by atoms with E-state index in [-0.39, 0.29) is 12.6 Å². The Hall–Kier alpha value is -2.13. The molecule has 2 fully saturated rings. The third-order valence-electron chi connectivity index (χ3n) is 4.46. The lowest BCUT2D eigenvalue weighted by Crippen LogP contribution is -2.52. The van der Waals surface area contributed by atoms with E-state index in [1.807, 2.05) is 0 Å². The Labute approximate surface area is 129 Å². The van der Waals surface area contributed by atoms with Gasteiger partial charge < -0.3 is 10.4 Å². The normalized spacial score (nSPS) is 23.6. The minimum Gasteiger partial charge on any atom is -0.480 e. The molecule has 0 spiro atoms. The van der Waals surface area contributed by atoms with Crippen molar-refractivity contribution >= 4 is 11.7 Å². The Kier molecular flexibility index (Phi) is 4.25. The molecule has 6 heteroatoms. The summed E-state index contributed by atoms with van der Waals surface area (Å²) in [5.74, 6) is -0.0639. The van der Waals surface area contributed by atoms with Crippen LogP contribution in [0.1, 0.15) is 31.2 Å². The van der Waals surface area contributed by atoms with Gasteiger partial charge in [-0.3, -0.25) is 14.7 Å². The van der Waals surface area contributed by atoms with E-state index in [1.165, 1.54) is 12.8 Å². The van der Waals surface area contributed by atoms with Crippen LogP contribution in [0, 0.1) is 17.2 Å². The maximum Gasteiger partial charge on any atom is 0.317 e. The number of pyridine rings is 1. The highest BCUT2D eigenvalue weighted by molar-refractivity contribution is 5.69. The molecule has 2 saturated carbocycles. The number of anilines is 1. The fourth-order valence-electron chi connectivity index (χ4n) is 2.98. The number of carbonyl (C=O) groups is 1. The average molecular weight is 300 g/mol. The second-order valence-electron chi connectivity index (χ2n) is 6.27. The summed E-state index contributed by atoms with van der Waals surface area (Å²) in [5.41, 5.74) is 1.36. The summed E-state index contributed by atoms with van der Waals surface area (Å²) in [6.07, 6.45) is 7.57. The quantitative estimate of drug-likeness (QED) is 0.796. The minimum atomic E-state index is -0.754. The number of carboxylic acid groups (broad SMARTS) is 1. The van der Waals surface area contributed by atoms with Crippen LogP contribution < -0.4 is 5.32 Å². The molecule has 1 aromatic heterocycles. The molecule has 0 amide bonds. The van der Waals surface area contributed by atoms with E-state index in [1.54, 1.807) is 18.5 Å². The standard InChI is InChI=1S/C16H20N4O2/c17-7-12-3-4-18-8-15(12)19-13-5-14(6-13)20(10-16(21)22)9-11-1-2-11/h3-4,8,11,13-14,19H,1-2,5-6,9-10H2,(H,21,22). The van der Waals surface area contributed by atoms with E-state index in [9.17, 15) is 4.79 Å². The highest BCUT2D eigenvalue weighted by atomic mass is 16.4. The van der Waals surface area contributed by atoms with Crippen LogP contribution in [-0.4, -0.2) is 46.1 Å². The van der Waals surface area contributed by atoms with Gasteiger partial charge in [0.25, 0.3) is 0 Å². The van der Waals surface area contributed by atoms with Gasteiger partial charge in [-0.15, -0.1) is 0 Å². The average Bonchev–Trinajstić information content (AvgIpc) is 3.25. The number of aromatic nitrogens is 1. The van der Waals surface area contributed by atoms with E-state index in [4.69, 9.17) is 10.4 Å². The SMILES string of the molecule is N#Cc1ccncc1NC1CC(N(CC(=O)O)CC2CC2)C1. The Morgan fingerprint density at radius 2 is 2.27 bits per heavy atom. The zero-order chi connectivity index (χ0) is 15.5. The first-order valence-electron chi connectivity index (χ1n) is 7.72. The van der Waals surface area contributed by atoms with Crippen molar-refractivity contribution < 1.29 is 9.90 Å². The number of nitrogens with one attached hydrogen (secondary N) is 1. The Balaban J connectivity index is 1.53. The fraction of sp³-hybridized carbons (Fsp3) is 0.562. The van der Waals surface area contributed by atoms with Crippen LogP contribution in [0.3, 0.4) is 0 Å². The molecule has 1 heterocycles. The molecule has 0 saturated heterocycles. The summed E-state index contributed by atoms with van der Waals surface area (Å²) < 4.78 is 0. The summed E-state index contributed by atoms with van der Waals surface area (Å²) in [6, 6.07) is 4.47. The molecular weight excluding hydrogens is 280 g/mol. The molecule has 0 atom stereocenters. The molecule has 2 aliphatic carbocycles. The van der Waals surface area contributed by atoms with Gasteiger partial charge in [0.1, 0.15) is 6.07 Å². The number of carboxylic acids is 1. The van der Waals surface area contributed by atoms with Gasteiger partial charge in [0.2, 0.25) is 0 Å². The molecule has 0 aromatic carbocycles. The first kappa shape index (κ1) is 14.8. The van der Waals surface area contributed by atoms with Crippen LogP contribution in [0.4, 0.5) is 5.69 Å². The third kappa shape index (κ3) is 3.55. The van der Waals surface area contributed by atoms with Gasteiger partial charge in [-0.1, -0.05) is 0 Å². The third-order valence-corrected chi connectivity index (χ3v) is 4.46. The molecule has 0 unspecified atom stereocenters. The van der Waals surface area contributed by atoms with E-state index in [0.717, 1.165) is 25.1 Å². The lowest BCUT2D eigenvalue weighted by molar-refractivity contribution is -0.139. The van der Waals surface area contributed by atoms with Gasteiger partial charge in [-0.25, -0.2) is 0 Å². The molecule has 0 aliphatic heterocycles. The molecule has 3 rings (SSSR count). The van der Waals surface area contributed by atoms with Gasteiger partial charge in [0.15, 0.2) is 0 Å². The number of nitrogens with zero attached hydrogens (tertiary/aromatic N) is 3. The van der Waals surface area contributed by atoms with Crippen LogP contribution >= 0.6 is 0 Å². The van der Waals surface area contributed by atoms with Gasteiger partial charge in [-0.05, 0) is 37.7 Å². The summed E-state index contributed by atoms with van der Waals surface area (Å²) in [4.78, 5) is 17.2. The molecule has 22 heavy (non-hydrogen) atoms. The zero-order valence-corrected chi connectivity index (χ0v) is 12.4. The number of aliphatic carboxylic acids is 1. The van der Waals surface area contributed by atoms with E-state index >= 15 is 0 Å². The fourth-order valence-corrected chi connectivity index (χ4v) is 2.98. The Morgan fingerprint density at radius 3 is 2.91 bits per heavy atom. The van der Waals surface area contributed by atoms with Crippen molar-refractivity contribution in [3.63, 3.8) is 0 Å². The minimum absolute atomic E-state index is 0.129. The number of rotatable bonds is 7. The molecule has 2 N–H and O–H groups in total. The largest absolute Gasteiger partial charge is 0.480 e. The lowest BCUT2D eigenvalue weighted by atomic mass is 9.85. The van der Waals surface area contributed by atoms with Crippen molar-refractivity contribution in [2.45, 2.75) is 37.8 Å². The van der Waals surface area contributed by atoms with Crippen molar-refractivity contribution in [2.24, 2.45) is 5.92 Å². The molecule has 6 nitrogen and oxygen atoms in total. The smallest absolute Gasteiger partial charge is 0.317 e. The topological polar surface area (TPSA) is 89.3 Å². The maximum absolute atomic E-state index is 11.0. The van der Waals surface area contributed by atoms with E-state index < -0.39 is 5.97 Å². The van der Waals surface area contributed by atoms with E-state index in [2.05, 4.69) is 21.3 Å². The van der Waals surface area contributed by atoms with Gasteiger partial charge in [0.05, 0.1) is 24.0 Å². The van der Waals surface area contributed by atoms with E-state index in [0.29, 0.717) is 17.5 Å². The van der Waals surface area contributed by atoms with Crippen LogP contribution in [-0.2, 0) is 4.79 Å². The van der Waals surface area contributed by atoms with Crippen LogP contribution in [0.15, 0.2) is 18.5 Å². The molecule has 2 aliphatic rings. The number of hydrogen-bond acceptors (Lipinski definition) is 5. The number of nitriles is 1. The van der Waals surface area contributed by atoms with Crippen molar-refractivity contribution in [3.8, 4) is 6.07 Å². The summed E-state index contributed by atoms with van der Waals surface area (Å²) >= 11 is 0. The van der Waals surface area contributed by atoms with Gasteiger partial charge in [-0.2, -0.15) is 5.26 Å². The predicted octanol–water partition coefficient (Wildman–Crippen LogP) is 1.69. The monoisotopic (exact) mass is 300 g/mol. The second kappa shape index (κ2) is 6.32. The van der Waals surface area contributed by atoms with Crippen LogP contribution in [0.5, 0.6) is 0 Å². The Morgan fingerprint density at radius 1 is 1.50 bits per heavy atom. The molecular formula is C16H20N4O2. The Bertz CT molecular complexity index is 588. The molecule has 0 radical (unpaired) electrons. The summed E-state index contributed by atoms with van der Waals surface area (Å²) in [5, 5.41) is 21.5. The number of hydrogen-bond donors (Lipinski definition) is 2. The highest BCUT2D eigenvalue weighted by Gasteiger charge is 2.37. The lowest BCUT2D eigenvalue weighted by Gasteiger charge is -2.43. The van der Waals surface area contributed by atoms with Crippen molar-refractivity contribution in [3.05, 3.63) is 24.0 Å². The molecule has 1 aromatic rings. The first-order chi connectivity index (χ1) is 10.7. The van der Waals surface area contributed by atoms with Crippen molar-refractivity contribution in [2.75, 3.05) is 18.4 Å². The van der Waals surface area contributed by atoms with Crippen molar-refractivity contribution in [1.29, 1.82) is 5.26 Å². The van der Waals surface area contributed by atoms with Crippen LogP contribution in [0.2, 0.25) is 0 Å². The molecule has 0 bridgehead atoms. The second-order valence-corrected chi connectivity index (χ2v) is 6.27. The predicted molar refractivity (Wildman–Crippen MR) is 81.3 cm³/mol. The van der Waals surface area contributed by atoms with Gasteiger partial charge >= 0.3 is 5.97 Å². The first-order valence-corrected chi connectivity index (χ1v) is 7.72.